The van der Waals surface area contributed by atoms with Crippen LogP contribution < -0.4 is 15.8 Å². The third kappa shape index (κ3) is 4.08. The summed E-state index contributed by atoms with van der Waals surface area (Å²) in [6.07, 6.45) is 13.1. The number of thiophene rings is 1. The van der Waals surface area contributed by atoms with Crippen LogP contribution in [0.2, 0.25) is 0 Å². The molecule has 3 N–H and O–H groups in total. The molecule has 0 bridgehead atoms. The van der Waals surface area contributed by atoms with Crippen molar-refractivity contribution in [3.8, 4) is 10.8 Å². The summed E-state index contributed by atoms with van der Waals surface area (Å²) in [6.45, 7) is 2.40. The Morgan fingerprint density at radius 3 is 3.00 bits per heavy atom. The maximum atomic E-state index is 13.0. The number of carbonyl (C=O) groups excluding carboxylic acids is 1. The lowest BCUT2D eigenvalue weighted by Crippen LogP contribution is -2.26. The second-order valence-electron chi connectivity index (χ2n) is 7.22. The zero-order valence-corrected chi connectivity index (χ0v) is 18.4. The van der Waals surface area contributed by atoms with Gasteiger partial charge in [0.25, 0.3) is 5.91 Å². The zero-order valence-electron chi connectivity index (χ0n) is 16.7. The van der Waals surface area contributed by atoms with Gasteiger partial charge in [0.1, 0.15) is 5.75 Å². The molecular weight excluding hydrogens is 414 g/mol. The number of amides is 1. The van der Waals surface area contributed by atoms with E-state index < -0.39 is 0 Å². The van der Waals surface area contributed by atoms with Crippen molar-refractivity contribution in [3.05, 3.63) is 75.6 Å². The van der Waals surface area contributed by atoms with Gasteiger partial charge in [-0.05, 0) is 67.6 Å². The fourth-order valence-corrected chi connectivity index (χ4v) is 5.18. The first-order valence-electron chi connectivity index (χ1n) is 9.93. The molecule has 7 heteroatoms. The van der Waals surface area contributed by atoms with Crippen LogP contribution in [0.15, 0.2) is 53.9 Å². The Hall–Kier alpha value is -2.77. The van der Waals surface area contributed by atoms with Gasteiger partial charge < -0.3 is 15.8 Å². The monoisotopic (exact) mass is 437 g/mol. The second kappa shape index (κ2) is 8.93. The van der Waals surface area contributed by atoms with Crippen molar-refractivity contribution in [1.29, 1.82) is 0 Å². The van der Waals surface area contributed by atoms with E-state index in [9.17, 15) is 4.79 Å². The van der Waals surface area contributed by atoms with Gasteiger partial charge in [-0.2, -0.15) is 0 Å². The number of aryl methyl sites for hydroxylation is 1. The number of aromatic nitrogens is 1. The van der Waals surface area contributed by atoms with Crippen LogP contribution in [-0.2, 0) is 6.42 Å². The normalized spacial score (nSPS) is 16.9. The highest BCUT2D eigenvalue weighted by Gasteiger charge is 2.31. The number of fused-ring (bicyclic) bond motifs is 1. The molecule has 0 saturated carbocycles. The van der Waals surface area contributed by atoms with Crippen LogP contribution in [0.1, 0.15) is 45.8 Å². The van der Waals surface area contributed by atoms with Gasteiger partial charge >= 0.3 is 0 Å². The Bertz CT molecular complexity index is 1100. The minimum absolute atomic E-state index is 0.100. The molecule has 2 aliphatic rings. The van der Waals surface area contributed by atoms with Gasteiger partial charge in [0, 0.05) is 12.7 Å². The van der Waals surface area contributed by atoms with E-state index in [0.29, 0.717) is 33.5 Å². The molecule has 0 aliphatic heterocycles. The lowest BCUT2D eigenvalue weighted by molar-refractivity contribution is 0.0960. The van der Waals surface area contributed by atoms with Crippen LogP contribution in [0, 0.1) is 6.92 Å². The highest BCUT2D eigenvalue weighted by Crippen LogP contribution is 2.43. The summed E-state index contributed by atoms with van der Waals surface area (Å²) in [5.41, 5.74) is 10.4. The molecule has 2 aliphatic carbocycles. The molecule has 0 spiro atoms. The minimum atomic E-state index is -0.100. The molecule has 2 heterocycles. The third-order valence-electron chi connectivity index (χ3n) is 5.23. The molecule has 4 rings (SSSR count). The van der Waals surface area contributed by atoms with E-state index in [4.69, 9.17) is 22.7 Å². The van der Waals surface area contributed by atoms with Crippen LogP contribution in [0.5, 0.6) is 10.8 Å². The predicted octanol–water partition coefficient (Wildman–Crippen LogP) is 4.76. The smallest absolute Gasteiger partial charge is 0.262 e. The van der Waals surface area contributed by atoms with Crippen LogP contribution in [-0.4, -0.2) is 22.3 Å². The lowest BCUT2D eigenvalue weighted by atomic mass is 9.89. The zero-order chi connectivity index (χ0) is 21.1. The van der Waals surface area contributed by atoms with E-state index in [0.717, 1.165) is 47.2 Å². The molecule has 2 aromatic heterocycles. The van der Waals surface area contributed by atoms with Crippen molar-refractivity contribution in [2.45, 2.75) is 32.6 Å². The summed E-state index contributed by atoms with van der Waals surface area (Å²) in [5.74, 6) is 0.550. The second-order valence-corrected chi connectivity index (χ2v) is 8.62. The van der Waals surface area contributed by atoms with E-state index in [1.54, 1.807) is 12.4 Å². The number of carbonyl (C=O) groups is 1. The first-order chi connectivity index (χ1) is 14.6. The first kappa shape index (κ1) is 20.5. The summed E-state index contributed by atoms with van der Waals surface area (Å²) in [5, 5.41) is 3.67. The Balaban J connectivity index is 1.67. The fraction of sp³-hybridized carbons (Fsp3) is 0.261. The number of rotatable bonds is 5. The number of thiocarbonyl (C=S) groups is 1. The Morgan fingerprint density at radius 2 is 2.27 bits per heavy atom. The van der Waals surface area contributed by atoms with Crippen molar-refractivity contribution in [1.82, 2.24) is 10.3 Å². The molecule has 0 atom stereocenters. The fourth-order valence-electron chi connectivity index (χ4n) is 3.60. The lowest BCUT2D eigenvalue weighted by Gasteiger charge is -2.18. The van der Waals surface area contributed by atoms with Crippen molar-refractivity contribution in [3.63, 3.8) is 0 Å². The Morgan fingerprint density at radius 1 is 1.40 bits per heavy atom. The van der Waals surface area contributed by atoms with Crippen molar-refractivity contribution in [2.75, 3.05) is 6.54 Å². The summed E-state index contributed by atoms with van der Waals surface area (Å²) in [6, 6.07) is 3.69. The van der Waals surface area contributed by atoms with Crippen LogP contribution >= 0.6 is 23.6 Å². The Kier molecular flexibility index (Phi) is 6.11. The van der Waals surface area contributed by atoms with E-state index in [-0.39, 0.29) is 5.91 Å². The van der Waals surface area contributed by atoms with Gasteiger partial charge in [0.05, 0.1) is 21.0 Å². The summed E-state index contributed by atoms with van der Waals surface area (Å²) >= 11 is 7.03. The number of nitrogens with one attached hydrogen (secondary N) is 1. The average Bonchev–Trinajstić information content (AvgIpc) is 3.14. The third-order valence-corrected chi connectivity index (χ3v) is 6.81. The molecule has 0 aromatic carbocycles. The summed E-state index contributed by atoms with van der Waals surface area (Å²) in [4.78, 5) is 18.6. The van der Waals surface area contributed by atoms with Gasteiger partial charge in [-0.1, -0.05) is 41.8 Å². The van der Waals surface area contributed by atoms with E-state index >= 15 is 0 Å². The SMILES string of the molecule is Cc1ncccc1Oc1sc(C(=O)NCC2=CCCC=C2)c2c1C(=S)C(=CN)CC2. The average molecular weight is 438 g/mol. The quantitative estimate of drug-likeness (QED) is 0.521. The van der Waals surface area contributed by atoms with Crippen LogP contribution in [0.4, 0.5) is 0 Å². The number of nitrogens with two attached hydrogens (primary N) is 1. The number of hydrogen-bond acceptors (Lipinski definition) is 6. The number of allylic oxidation sites excluding steroid dienone is 3. The highest BCUT2D eigenvalue weighted by molar-refractivity contribution is 7.81. The Labute approximate surface area is 185 Å². The first-order valence-corrected chi connectivity index (χ1v) is 11.2. The molecule has 0 unspecified atom stereocenters. The molecule has 5 nitrogen and oxygen atoms in total. The molecule has 0 fully saturated rings. The van der Waals surface area contributed by atoms with E-state index in [2.05, 4.69) is 28.5 Å². The molecule has 154 valence electrons. The van der Waals surface area contributed by atoms with Crippen LogP contribution in [0.25, 0.3) is 0 Å². The maximum Gasteiger partial charge on any atom is 0.262 e. The van der Waals surface area contributed by atoms with Gasteiger partial charge in [-0.25, -0.2) is 0 Å². The summed E-state index contributed by atoms with van der Waals surface area (Å²) < 4.78 is 6.19. The van der Waals surface area contributed by atoms with Crippen molar-refractivity contribution >= 4 is 34.3 Å². The predicted molar refractivity (Wildman–Crippen MR) is 124 cm³/mol. The van der Waals surface area contributed by atoms with Gasteiger partial charge in [0.2, 0.25) is 0 Å². The standard InChI is InChI=1S/C23H23N3O2S2/c1-14-18(8-5-11-25-14)28-23-19-17(10-9-16(12-24)20(19)29)21(30-23)22(27)26-13-15-6-3-2-4-7-15/h3,5-8,11-12H,2,4,9-10,13,24H2,1H3,(H,26,27). The molecule has 0 radical (unpaired) electrons. The van der Waals surface area contributed by atoms with Crippen molar-refractivity contribution in [2.24, 2.45) is 5.73 Å². The summed E-state index contributed by atoms with van der Waals surface area (Å²) in [7, 11) is 0. The van der Waals surface area contributed by atoms with Gasteiger partial charge in [-0.3, -0.25) is 9.78 Å². The minimum Gasteiger partial charge on any atom is -0.444 e. The topological polar surface area (TPSA) is 77.2 Å². The highest BCUT2D eigenvalue weighted by atomic mass is 32.1. The maximum absolute atomic E-state index is 13.0. The van der Waals surface area contributed by atoms with Crippen molar-refractivity contribution < 1.29 is 9.53 Å². The number of hydrogen-bond donors (Lipinski definition) is 2. The molecular formula is C23H23N3O2S2. The van der Waals surface area contributed by atoms with Gasteiger partial charge in [-0.15, -0.1) is 0 Å². The molecule has 2 aromatic rings. The van der Waals surface area contributed by atoms with Gasteiger partial charge in [0.15, 0.2) is 5.06 Å². The number of nitrogens with zero attached hydrogens (tertiary/aromatic N) is 1. The molecule has 0 saturated heterocycles. The number of pyridine rings is 1. The van der Waals surface area contributed by atoms with Crippen LogP contribution in [0.3, 0.4) is 0 Å². The van der Waals surface area contributed by atoms with E-state index in [1.807, 2.05) is 19.1 Å². The molecule has 30 heavy (non-hydrogen) atoms. The number of ether oxygens (including phenoxy) is 1. The largest absolute Gasteiger partial charge is 0.444 e. The van der Waals surface area contributed by atoms with E-state index in [1.165, 1.54) is 11.3 Å². The molecule has 1 amide bonds.